The van der Waals surface area contributed by atoms with Gasteiger partial charge in [-0.25, -0.2) is 4.98 Å². The third kappa shape index (κ3) is 1.90. The van der Waals surface area contributed by atoms with Crippen LogP contribution in [0.15, 0.2) is 30.6 Å². The SMILES string of the molecule is Cc1ccnc(-c2cnc3c(c2)OCC(=O)N3)c1. The summed E-state index contributed by atoms with van der Waals surface area (Å²) in [6.45, 7) is 2.03. The van der Waals surface area contributed by atoms with Crippen LogP contribution in [-0.2, 0) is 4.79 Å². The predicted octanol–water partition coefficient (Wildman–Crippen LogP) is 1.78. The summed E-state index contributed by atoms with van der Waals surface area (Å²) in [6.07, 6.45) is 3.43. The van der Waals surface area contributed by atoms with Crippen molar-refractivity contribution in [3.05, 3.63) is 36.2 Å². The van der Waals surface area contributed by atoms with Crippen molar-refractivity contribution >= 4 is 11.7 Å². The molecule has 1 amide bonds. The van der Waals surface area contributed by atoms with Crippen LogP contribution in [0.1, 0.15) is 5.56 Å². The van der Waals surface area contributed by atoms with Crippen molar-refractivity contribution in [1.82, 2.24) is 9.97 Å². The summed E-state index contributed by atoms with van der Waals surface area (Å²) in [5.41, 5.74) is 2.84. The number of nitrogens with one attached hydrogen (secondary N) is 1. The zero-order chi connectivity index (χ0) is 12.5. The lowest BCUT2D eigenvalue weighted by Gasteiger charge is -2.17. The highest BCUT2D eigenvalue weighted by Crippen LogP contribution is 2.29. The second kappa shape index (κ2) is 4.10. The summed E-state index contributed by atoms with van der Waals surface area (Å²) in [5, 5.41) is 2.65. The molecular weight excluding hydrogens is 230 g/mol. The second-order valence-corrected chi connectivity index (χ2v) is 4.13. The highest BCUT2D eigenvalue weighted by atomic mass is 16.5. The number of nitrogens with zero attached hydrogens (tertiary/aromatic N) is 2. The monoisotopic (exact) mass is 241 g/mol. The van der Waals surface area contributed by atoms with E-state index in [1.165, 1.54) is 0 Å². The quantitative estimate of drug-likeness (QED) is 0.826. The molecule has 5 heteroatoms. The van der Waals surface area contributed by atoms with Crippen LogP contribution in [0.25, 0.3) is 11.3 Å². The maximum atomic E-state index is 11.1. The highest BCUT2D eigenvalue weighted by molar-refractivity contribution is 5.94. The maximum Gasteiger partial charge on any atom is 0.263 e. The minimum Gasteiger partial charge on any atom is -0.480 e. The summed E-state index contributed by atoms with van der Waals surface area (Å²) in [6, 6.07) is 5.75. The number of amides is 1. The molecule has 0 radical (unpaired) electrons. The third-order valence-electron chi connectivity index (χ3n) is 2.68. The molecule has 18 heavy (non-hydrogen) atoms. The average molecular weight is 241 g/mol. The lowest BCUT2D eigenvalue weighted by atomic mass is 10.1. The van der Waals surface area contributed by atoms with Gasteiger partial charge in [-0.15, -0.1) is 0 Å². The molecular formula is C13H11N3O2. The van der Waals surface area contributed by atoms with Crippen LogP contribution in [0.2, 0.25) is 0 Å². The van der Waals surface area contributed by atoms with Gasteiger partial charge in [0.05, 0.1) is 5.69 Å². The van der Waals surface area contributed by atoms with E-state index in [9.17, 15) is 4.79 Å². The largest absolute Gasteiger partial charge is 0.480 e. The van der Waals surface area contributed by atoms with E-state index in [4.69, 9.17) is 4.74 Å². The van der Waals surface area contributed by atoms with Crippen molar-refractivity contribution in [2.24, 2.45) is 0 Å². The normalized spacial score (nSPS) is 13.5. The Hall–Kier alpha value is -2.43. The van der Waals surface area contributed by atoms with Gasteiger partial charge in [-0.1, -0.05) is 0 Å². The Morgan fingerprint density at radius 3 is 3.06 bits per heavy atom. The molecule has 3 rings (SSSR count). The van der Waals surface area contributed by atoms with Gasteiger partial charge < -0.3 is 10.1 Å². The Bertz CT molecular complexity index is 625. The van der Waals surface area contributed by atoms with E-state index >= 15 is 0 Å². The summed E-state index contributed by atoms with van der Waals surface area (Å²) < 4.78 is 5.33. The van der Waals surface area contributed by atoms with Crippen molar-refractivity contribution in [3.63, 3.8) is 0 Å². The van der Waals surface area contributed by atoms with Crippen molar-refractivity contribution in [3.8, 4) is 17.0 Å². The van der Waals surface area contributed by atoms with Crippen molar-refractivity contribution in [2.45, 2.75) is 6.92 Å². The number of carbonyl (C=O) groups is 1. The first-order valence-electron chi connectivity index (χ1n) is 5.58. The number of fused-ring (bicyclic) bond motifs is 1. The third-order valence-corrected chi connectivity index (χ3v) is 2.68. The lowest BCUT2D eigenvalue weighted by Crippen LogP contribution is -2.26. The van der Waals surface area contributed by atoms with Gasteiger partial charge in [0.1, 0.15) is 0 Å². The van der Waals surface area contributed by atoms with Gasteiger partial charge in [0, 0.05) is 18.0 Å². The fourth-order valence-electron chi connectivity index (χ4n) is 1.79. The van der Waals surface area contributed by atoms with E-state index in [1.54, 1.807) is 12.4 Å². The minimum atomic E-state index is -0.184. The molecule has 0 fully saturated rings. The van der Waals surface area contributed by atoms with Crippen LogP contribution < -0.4 is 10.1 Å². The molecule has 1 N–H and O–H groups in total. The summed E-state index contributed by atoms with van der Waals surface area (Å²) in [5.74, 6) is 0.856. The van der Waals surface area contributed by atoms with Gasteiger partial charge >= 0.3 is 0 Å². The van der Waals surface area contributed by atoms with Crippen LogP contribution in [0.5, 0.6) is 5.75 Å². The number of anilines is 1. The maximum absolute atomic E-state index is 11.1. The van der Waals surface area contributed by atoms with E-state index < -0.39 is 0 Å². The Morgan fingerprint density at radius 1 is 1.33 bits per heavy atom. The fourth-order valence-corrected chi connectivity index (χ4v) is 1.79. The molecule has 5 nitrogen and oxygen atoms in total. The van der Waals surface area contributed by atoms with Crippen molar-refractivity contribution < 1.29 is 9.53 Å². The van der Waals surface area contributed by atoms with Gasteiger partial charge in [0.25, 0.3) is 5.91 Å². The van der Waals surface area contributed by atoms with E-state index in [1.807, 2.05) is 25.1 Å². The van der Waals surface area contributed by atoms with E-state index in [0.29, 0.717) is 11.6 Å². The molecule has 2 aromatic heterocycles. The molecule has 0 spiro atoms. The lowest BCUT2D eigenvalue weighted by molar-refractivity contribution is -0.118. The molecule has 0 aliphatic carbocycles. The van der Waals surface area contributed by atoms with Crippen LogP contribution in [0.4, 0.5) is 5.82 Å². The smallest absolute Gasteiger partial charge is 0.263 e. The molecule has 0 bridgehead atoms. The van der Waals surface area contributed by atoms with Gasteiger partial charge in [-0.05, 0) is 30.7 Å². The predicted molar refractivity (Wildman–Crippen MR) is 66.3 cm³/mol. The second-order valence-electron chi connectivity index (χ2n) is 4.13. The molecule has 2 aromatic rings. The van der Waals surface area contributed by atoms with E-state index in [2.05, 4.69) is 15.3 Å². The average Bonchev–Trinajstić information content (AvgIpc) is 2.38. The number of pyridine rings is 2. The Morgan fingerprint density at radius 2 is 2.22 bits per heavy atom. The number of carbonyl (C=O) groups excluding carboxylic acids is 1. The summed E-state index contributed by atoms with van der Waals surface area (Å²) >= 11 is 0. The first-order valence-corrected chi connectivity index (χ1v) is 5.58. The Labute approximate surface area is 104 Å². The molecule has 1 aliphatic heterocycles. The summed E-state index contributed by atoms with van der Waals surface area (Å²) in [4.78, 5) is 19.6. The van der Waals surface area contributed by atoms with Crippen LogP contribution >= 0.6 is 0 Å². The highest BCUT2D eigenvalue weighted by Gasteiger charge is 2.17. The van der Waals surface area contributed by atoms with Crippen LogP contribution in [-0.4, -0.2) is 22.5 Å². The number of hydrogen-bond acceptors (Lipinski definition) is 4. The van der Waals surface area contributed by atoms with Gasteiger partial charge in [-0.2, -0.15) is 0 Å². The topological polar surface area (TPSA) is 64.1 Å². The van der Waals surface area contributed by atoms with Crippen LogP contribution in [0, 0.1) is 6.92 Å². The Kier molecular flexibility index (Phi) is 2.44. The number of hydrogen-bond donors (Lipinski definition) is 1. The minimum absolute atomic E-state index is 0.0272. The molecule has 0 saturated carbocycles. The van der Waals surface area contributed by atoms with Crippen molar-refractivity contribution in [1.29, 1.82) is 0 Å². The molecule has 0 unspecified atom stereocenters. The van der Waals surface area contributed by atoms with Gasteiger partial charge in [0.15, 0.2) is 18.2 Å². The van der Waals surface area contributed by atoms with Crippen LogP contribution in [0.3, 0.4) is 0 Å². The standard InChI is InChI=1S/C13H11N3O2/c1-8-2-3-14-10(4-8)9-5-11-13(15-6-9)16-12(17)7-18-11/h2-6H,7H2,1H3,(H,15,16,17). The first-order chi connectivity index (χ1) is 8.72. The van der Waals surface area contributed by atoms with Gasteiger partial charge in [-0.3, -0.25) is 9.78 Å². The zero-order valence-corrected chi connectivity index (χ0v) is 9.80. The number of aromatic nitrogens is 2. The number of aryl methyl sites for hydroxylation is 1. The molecule has 0 aromatic carbocycles. The summed E-state index contributed by atoms with van der Waals surface area (Å²) in [7, 11) is 0. The number of rotatable bonds is 1. The van der Waals surface area contributed by atoms with E-state index in [-0.39, 0.29) is 12.5 Å². The zero-order valence-electron chi connectivity index (χ0n) is 9.80. The van der Waals surface area contributed by atoms with Gasteiger partial charge in [0.2, 0.25) is 0 Å². The molecule has 1 aliphatic rings. The number of ether oxygens (including phenoxy) is 1. The molecule has 0 atom stereocenters. The molecule has 90 valence electrons. The molecule has 0 saturated heterocycles. The Balaban J connectivity index is 2.02. The fraction of sp³-hybridized carbons (Fsp3) is 0.154. The van der Waals surface area contributed by atoms with E-state index in [0.717, 1.165) is 16.8 Å². The molecule has 3 heterocycles. The first kappa shape index (κ1) is 10.7. The van der Waals surface area contributed by atoms with Crippen molar-refractivity contribution in [2.75, 3.05) is 11.9 Å².